The molecule has 0 atom stereocenters. The molecule has 6 heteroatoms. The van der Waals surface area contributed by atoms with Gasteiger partial charge >= 0.3 is 0 Å². The second-order valence-corrected chi connectivity index (χ2v) is 5.35. The van der Waals surface area contributed by atoms with Gasteiger partial charge < -0.3 is 20.8 Å². The Morgan fingerprint density at radius 1 is 1.29 bits per heavy atom. The van der Waals surface area contributed by atoms with Crippen molar-refractivity contribution in [1.82, 2.24) is 4.98 Å². The van der Waals surface area contributed by atoms with Crippen LogP contribution in [-0.2, 0) is 6.42 Å². The number of fused-ring (bicyclic) bond motifs is 1. The third-order valence-corrected chi connectivity index (χ3v) is 3.76. The first-order valence-electron chi connectivity index (χ1n) is 7.63. The van der Waals surface area contributed by atoms with Crippen LogP contribution >= 0.6 is 0 Å². The number of benzene rings is 2. The van der Waals surface area contributed by atoms with E-state index in [9.17, 15) is 4.39 Å². The van der Waals surface area contributed by atoms with Gasteiger partial charge in [0, 0.05) is 23.6 Å². The van der Waals surface area contributed by atoms with Crippen LogP contribution in [0, 0.1) is 5.82 Å². The van der Waals surface area contributed by atoms with E-state index in [1.54, 1.807) is 13.2 Å². The predicted molar refractivity (Wildman–Crippen MR) is 95.1 cm³/mol. The van der Waals surface area contributed by atoms with Crippen LogP contribution in [0.15, 0.2) is 53.7 Å². The Hall–Kier alpha value is -3.02. The van der Waals surface area contributed by atoms with E-state index < -0.39 is 0 Å². The van der Waals surface area contributed by atoms with Crippen LogP contribution in [0.25, 0.3) is 10.9 Å². The Labute approximate surface area is 139 Å². The minimum atomic E-state index is -0.246. The molecule has 0 aliphatic carbocycles. The van der Waals surface area contributed by atoms with E-state index in [1.165, 1.54) is 12.1 Å². The molecule has 0 unspecified atom stereocenters. The lowest BCUT2D eigenvalue weighted by Gasteiger charge is -2.10. The fraction of sp³-hybridized carbons (Fsp3) is 0.167. The summed E-state index contributed by atoms with van der Waals surface area (Å²) in [5.41, 5.74) is 8.61. The first kappa shape index (κ1) is 15.9. The standard InChI is InChI=1S/C18H19FN4O/c1-24-17-5-3-2-4-16(17)23-18(20)21-9-8-12-11-22-15-7-6-13(19)10-14(12)15/h2-7,10-11,22H,8-9H2,1H3,(H3,20,21,23). The average molecular weight is 326 g/mol. The van der Waals surface area contributed by atoms with Gasteiger partial charge in [-0.15, -0.1) is 0 Å². The summed E-state index contributed by atoms with van der Waals surface area (Å²) in [4.78, 5) is 7.45. The van der Waals surface area contributed by atoms with E-state index in [2.05, 4.69) is 15.3 Å². The number of para-hydroxylation sites is 2. The second-order valence-electron chi connectivity index (χ2n) is 5.35. The molecule has 0 amide bonds. The summed E-state index contributed by atoms with van der Waals surface area (Å²) in [6, 6.07) is 12.2. The number of nitrogens with zero attached hydrogens (tertiary/aromatic N) is 1. The molecule has 2 aromatic carbocycles. The molecular weight excluding hydrogens is 307 g/mol. The normalized spacial score (nSPS) is 11.7. The molecule has 0 fully saturated rings. The Morgan fingerprint density at radius 2 is 2.12 bits per heavy atom. The van der Waals surface area contributed by atoms with Crippen molar-refractivity contribution in [3.63, 3.8) is 0 Å². The summed E-state index contributed by atoms with van der Waals surface area (Å²) in [5.74, 6) is 0.762. The number of anilines is 1. The van der Waals surface area contributed by atoms with Gasteiger partial charge in [-0.05, 0) is 42.3 Å². The first-order chi connectivity index (χ1) is 11.7. The molecule has 0 saturated carbocycles. The van der Waals surface area contributed by atoms with Gasteiger partial charge in [-0.1, -0.05) is 12.1 Å². The number of aliphatic imine (C=N–C) groups is 1. The average Bonchev–Trinajstić information content (AvgIpc) is 2.97. The molecule has 0 spiro atoms. The zero-order valence-corrected chi connectivity index (χ0v) is 13.3. The third kappa shape index (κ3) is 3.48. The Morgan fingerprint density at radius 3 is 2.96 bits per heavy atom. The minimum Gasteiger partial charge on any atom is -0.495 e. The summed E-state index contributed by atoms with van der Waals surface area (Å²) < 4.78 is 18.6. The Bertz CT molecular complexity index is 872. The Balaban J connectivity index is 1.65. The predicted octanol–water partition coefficient (Wildman–Crippen LogP) is 3.28. The van der Waals surface area contributed by atoms with Gasteiger partial charge in [-0.25, -0.2) is 4.39 Å². The van der Waals surface area contributed by atoms with Gasteiger partial charge in [-0.2, -0.15) is 0 Å². The number of methoxy groups -OCH3 is 1. The molecule has 0 bridgehead atoms. The molecule has 3 rings (SSSR count). The molecule has 0 saturated heterocycles. The van der Waals surface area contributed by atoms with Crippen molar-refractivity contribution >= 4 is 22.5 Å². The van der Waals surface area contributed by atoms with Gasteiger partial charge in [0.2, 0.25) is 0 Å². The van der Waals surface area contributed by atoms with Crippen molar-refractivity contribution in [2.24, 2.45) is 10.7 Å². The van der Waals surface area contributed by atoms with E-state index in [0.29, 0.717) is 24.7 Å². The molecule has 24 heavy (non-hydrogen) atoms. The summed E-state index contributed by atoms with van der Waals surface area (Å²) in [7, 11) is 1.60. The number of rotatable bonds is 5. The maximum Gasteiger partial charge on any atom is 0.193 e. The number of hydrogen-bond acceptors (Lipinski definition) is 2. The number of aromatic nitrogens is 1. The molecule has 0 aliphatic heterocycles. The fourth-order valence-electron chi connectivity index (χ4n) is 2.58. The molecule has 0 aliphatic rings. The van der Waals surface area contributed by atoms with Gasteiger partial charge in [0.15, 0.2) is 5.96 Å². The summed E-state index contributed by atoms with van der Waals surface area (Å²) >= 11 is 0. The smallest absolute Gasteiger partial charge is 0.193 e. The quantitative estimate of drug-likeness (QED) is 0.497. The number of aromatic amines is 1. The van der Waals surface area contributed by atoms with Crippen molar-refractivity contribution < 1.29 is 9.13 Å². The summed E-state index contributed by atoms with van der Waals surface area (Å²) in [6.07, 6.45) is 2.54. The van der Waals surface area contributed by atoms with E-state index in [1.807, 2.05) is 30.5 Å². The summed E-state index contributed by atoms with van der Waals surface area (Å²) in [5, 5.41) is 3.90. The molecule has 5 nitrogen and oxygen atoms in total. The highest BCUT2D eigenvalue weighted by atomic mass is 19.1. The third-order valence-electron chi connectivity index (χ3n) is 3.76. The van der Waals surface area contributed by atoms with E-state index in [0.717, 1.165) is 22.2 Å². The number of hydrogen-bond donors (Lipinski definition) is 3. The largest absolute Gasteiger partial charge is 0.495 e. The van der Waals surface area contributed by atoms with Crippen molar-refractivity contribution in [1.29, 1.82) is 0 Å². The second kappa shape index (κ2) is 7.04. The monoisotopic (exact) mass is 326 g/mol. The lowest BCUT2D eigenvalue weighted by Crippen LogP contribution is -2.23. The maximum atomic E-state index is 13.4. The number of halogens is 1. The van der Waals surface area contributed by atoms with Crippen LogP contribution in [0.5, 0.6) is 5.75 Å². The van der Waals surface area contributed by atoms with E-state index >= 15 is 0 Å². The highest BCUT2D eigenvalue weighted by molar-refractivity contribution is 5.93. The van der Waals surface area contributed by atoms with Crippen molar-refractivity contribution in [3.05, 3.63) is 60.0 Å². The van der Waals surface area contributed by atoms with Crippen molar-refractivity contribution in [2.45, 2.75) is 6.42 Å². The minimum absolute atomic E-state index is 0.246. The van der Waals surface area contributed by atoms with Gasteiger partial charge in [0.25, 0.3) is 0 Å². The lowest BCUT2D eigenvalue weighted by molar-refractivity contribution is 0.417. The fourth-order valence-corrected chi connectivity index (χ4v) is 2.58. The number of H-pyrrole nitrogens is 1. The SMILES string of the molecule is COc1ccccc1NC(N)=NCCc1c[nH]c2ccc(F)cc12. The number of nitrogens with one attached hydrogen (secondary N) is 2. The molecular formula is C18H19FN4O. The summed E-state index contributed by atoms with van der Waals surface area (Å²) in [6.45, 7) is 0.497. The molecule has 4 N–H and O–H groups in total. The van der Waals surface area contributed by atoms with Crippen LogP contribution in [0.2, 0.25) is 0 Å². The van der Waals surface area contributed by atoms with Crippen LogP contribution in [0.3, 0.4) is 0 Å². The van der Waals surface area contributed by atoms with Gasteiger partial charge in [0.1, 0.15) is 11.6 Å². The number of ether oxygens (including phenoxy) is 1. The van der Waals surface area contributed by atoms with Gasteiger partial charge in [-0.3, -0.25) is 4.99 Å². The number of nitrogens with two attached hydrogens (primary N) is 1. The highest BCUT2D eigenvalue weighted by Crippen LogP contribution is 2.23. The lowest BCUT2D eigenvalue weighted by atomic mass is 10.1. The highest BCUT2D eigenvalue weighted by Gasteiger charge is 2.05. The van der Waals surface area contributed by atoms with Crippen LogP contribution in [-0.4, -0.2) is 24.6 Å². The van der Waals surface area contributed by atoms with Gasteiger partial charge in [0.05, 0.1) is 12.8 Å². The Kier molecular flexibility index (Phi) is 4.65. The van der Waals surface area contributed by atoms with E-state index in [4.69, 9.17) is 10.5 Å². The molecule has 3 aromatic rings. The van der Waals surface area contributed by atoms with E-state index in [-0.39, 0.29) is 5.82 Å². The van der Waals surface area contributed by atoms with Crippen molar-refractivity contribution in [2.75, 3.05) is 19.0 Å². The van der Waals surface area contributed by atoms with Crippen LogP contribution < -0.4 is 15.8 Å². The molecule has 124 valence electrons. The zero-order chi connectivity index (χ0) is 16.9. The zero-order valence-electron chi connectivity index (χ0n) is 13.3. The van der Waals surface area contributed by atoms with Crippen molar-refractivity contribution in [3.8, 4) is 5.75 Å². The van der Waals surface area contributed by atoms with Crippen LogP contribution in [0.4, 0.5) is 10.1 Å². The molecule has 1 heterocycles. The van der Waals surface area contributed by atoms with Crippen LogP contribution in [0.1, 0.15) is 5.56 Å². The first-order valence-corrected chi connectivity index (χ1v) is 7.63. The molecule has 0 radical (unpaired) electrons. The topological polar surface area (TPSA) is 75.4 Å². The molecule has 1 aromatic heterocycles. The number of guanidine groups is 1. The maximum absolute atomic E-state index is 13.4.